The van der Waals surface area contributed by atoms with Gasteiger partial charge in [-0.05, 0) is 26.7 Å². The maximum Gasteiger partial charge on any atom is 0.330 e. The SMILES string of the molecule is CC1CCC(n2cc(F)c(=O)[nH]c2=O)O1.CCOC(O)O. The maximum absolute atomic E-state index is 13.0. The molecule has 21 heavy (non-hydrogen) atoms. The van der Waals surface area contributed by atoms with Gasteiger partial charge in [-0.15, -0.1) is 0 Å². The molecule has 0 saturated carbocycles. The van der Waals surface area contributed by atoms with Crippen molar-refractivity contribution >= 4 is 0 Å². The minimum absolute atomic E-state index is 0.0527. The molecule has 0 aromatic carbocycles. The van der Waals surface area contributed by atoms with Crippen molar-refractivity contribution in [2.45, 2.75) is 45.5 Å². The van der Waals surface area contributed by atoms with Crippen LogP contribution in [0.2, 0.25) is 0 Å². The van der Waals surface area contributed by atoms with Gasteiger partial charge >= 0.3 is 5.69 Å². The fourth-order valence-corrected chi connectivity index (χ4v) is 1.81. The van der Waals surface area contributed by atoms with E-state index in [4.69, 9.17) is 14.9 Å². The quantitative estimate of drug-likeness (QED) is 0.659. The number of nitrogens with one attached hydrogen (secondary N) is 1. The summed E-state index contributed by atoms with van der Waals surface area (Å²) in [5, 5.41) is 15.8. The highest BCUT2D eigenvalue weighted by atomic mass is 19.1. The molecule has 2 unspecified atom stereocenters. The van der Waals surface area contributed by atoms with E-state index in [-0.39, 0.29) is 6.10 Å². The van der Waals surface area contributed by atoms with Gasteiger partial charge in [0, 0.05) is 6.61 Å². The Balaban J connectivity index is 0.000000315. The minimum atomic E-state index is -1.60. The van der Waals surface area contributed by atoms with Crippen LogP contribution in [0.15, 0.2) is 15.8 Å². The summed E-state index contributed by atoms with van der Waals surface area (Å²) in [5.74, 6) is -0.974. The molecule has 8 nitrogen and oxygen atoms in total. The van der Waals surface area contributed by atoms with Crippen LogP contribution in [0.5, 0.6) is 0 Å². The molecule has 0 amide bonds. The Labute approximate surface area is 119 Å². The lowest BCUT2D eigenvalue weighted by atomic mass is 10.2. The molecule has 2 heterocycles. The first-order valence-electron chi connectivity index (χ1n) is 6.49. The molecule has 0 radical (unpaired) electrons. The molecule has 120 valence electrons. The predicted molar refractivity (Wildman–Crippen MR) is 70.0 cm³/mol. The summed E-state index contributed by atoms with van der Waals surface area (Å²) < 4.78 is 23.6. The van der Waals surface area contributed by atoms with E-state index in [9.17, 15) is 14.0 Å². The number of nitrogens with zero attached hydrogens (tertiary/aromatic N) is 1. The standard InChI is InChI=1S/C9H11FN2O3.C3H8O3/c1-5-2-3-7(15-5)12-4-6(10)8(13)11-9(12)14;1-2-6-3(4)5/h4-5,7H,2-3H2,1H3,(H,11,13,14);3-5H,2H2,1H3. The van der Waals surface area contributed by atoms with Gasteiger partial charge in [-0.2, -0.15) is 4.39 Å². The second-order valence-electron chi connectivity index (χ2n) is 4.40. The summed E-state index contributed by atoms with van der Waals surface area (Å²) in [6.07, 6.45) is 1.93. The first-order chi connectivity index (χ1) is 9.85. The fraction of sp³-hybridized carbons (Fsp3) is 0.667. The lowest BCUT2D eigenvalue weighted by molar-refractivity contribution is -0.231. The summed E-state index contributed by atoms with van der Waals surface area (Å²) in [4.78, 5) is 24.0. The summed E-state index contributed by atoms with van der Waals surface area (Å²) >= 11 is 0. The molecule has 0 aliphatic carbocycles. The summed E-state index contributed by atoms with van der Waals surface area (Å²) in [6, 6.07) is 0. The Morgan fingerprint density at radius 2 is 2.19 bits per heavy atom. The van der Waals surface area contributed by atoms with Crippen LogP contribution in [0.1, 0.15) is 32.9 Å². The number of ether oxygens (including phenoxy) is 2. The Morgan fingerprint density at radius 3 is 2.62 bits per heavy atom. The number of hydrogen-bond donors (Lipinski definition) is 3. The third-order valence-corrected chi connectivity index (χ3v) is 2.76. The average Bonchev–Trinajstić information content (AvgIpc) is 2.81. The van der Waals surface area contributed by atoms with E-state index in [0.29, 0.717) is 13.0 Å². The zero-order valence-corrected chi connectivity index (χ0v) is 11.8. The van der Waals surface area contributed by atoms with Gasteiger partial charge in [0.05, 0.1) is 12.3 Å². The molecule has 1 aliphatic rings. The predicted octanol–water partition coefficient (Wildman–Crippen LogP) is -0.336. The molecule has 2 atom stereocenters. The van der Waals surface area contributed by atoms with Gasteiger partial charge in [0.1, 0.15) is 6.23 Å². The third kappa shape index (κ3) is 5.38. The number of aliphatic hydroxyl groups is 2. The second kappa shape index (κ2) is 8.03. The number of aromatic nitrogens is 2. The van der Waals surface area contributed by atoms with Gasteiger partial charge in [-0.3, -0.25) is 14.3 Å². The third-order valence-electron chi connectivity index (χ3n) is 2.76. The van der Waals surface area contributed by atoms with E-state index in [0.717, 1.165) is 17.2 Å². The van der Waals surface area contributed by atoms with Crippen LogP contribution in [0.3, 0.4) is 0 Å². The average molecular weight is 306 g/mol. The number of rotatable bonds is 3. The van der Waals surface area contributed by atoms with E-state index < -0.39 is 29.8 Å². The van der Waals surface area contributed by atoms with E-state index >= 15 is 0 Å². The van der Waals surface area contributed by atoms with Gasteiger partial charge in [-0.25, -0.2) is 4.79 Å². The number of aliphatic hydroxyl groups excluding tert-OH is 1. The van der Waals surface area contributed by atoms with Crippen LogP contribution >= 0.6 is 0 Å². The van der Waals surface area contributed by atoms with E-state index in [1.165, 1.54) is 0 Å². The summed E-state index contributed by atoms with van der Waals surface area (Å²) in [6.45, 7) is 2.29. The summed E-state index contributed by atoms with van der Waals surface area (Å²) in [5.41, 5.74) is -1.64. The zero-order chi connectivity index (χ0) is 16.0. The van der Waals surface area contributed by atoms with Crippen LogP contribution in [0, 0.1) is 5.82 Å². The van der Waals surface area contributed by atoms with Gasteiger partial charge in [0.25, 0.3) is 12.0 Å². The normalized spacial score (nSPS) is 21.2. The zero-order valence-electron chi connectivity index (χ0n) is 11.8. The highest BCUT2D eigenvalue weighted by molar-refractivity contribution is 4.89. The molecule has 9 heteroatoms. The van der Waals surface area contributed by atoms with E-state index in [1.54, 1.807) is 6.92 Å². The molecular weight excluding hydrogens is 287 g/mol. The number of H-pyrrole nitrogens is 1. The van der Waals surface area contributed by atoms with Crippen LogP contribution in [-0.4, -0.2) is 39.0 Å². The lowest BCUT2D eigenvalue weighted by Gasteiger charge is -2.13. The molecule has 1 fully saturated rings. The number of aromatic amines is 1. The van der Waals surface area contributed by atoms with Gasteiger partial charge in [0.2, 0.25) is 5.82 Å². The molecule has 2 rings (SSSR count). The van der Waals surface area contributed by atoms with Crippen molar-refractivity contribution in [1.29, 1.82) is 0 Å². The number of halogens is 1. The monoisotopic (exact) mass is 306 g/mol. The first kappa shape index (κ1) is 17.5. The minimum Gasteiger partial charge on any atom is -0.355 e. The van der Waals surface area contributed by atoms with Crippen molar-refractivity contribution in [3.05, 3.63) is 32.9 Å². The molecule has 1 saturated heterocycles. The largest absolute Gasteiger partial charge is 0.355 e. The Morgan fingerprint density at radius 1 is 1.52 bits per heavy atom. The van der Waals surface area contributed by atoms with Gasteiger partial charge < -0.3 is 19.7 Å². The molecular formula is C12H19FN2O6. The van der Waals surface area contributed by atoms with Crippen molar-refractivity contribution in [1.82, 2.24) is 9.55 Å². The molecule has 3 N–H and O–H groups in total. The second-order valence-corrected chi connectivity index (χ2v) is 4.40. The molecule has 1 aliphatic heterocycles. The number of hydrogen-bond acceptors (Lipinski definition) is 6. The van der Waals surface area contributed by atoms with Crippen LogP contribution < -0.4 is 11.2 Å². The van der Waals surface area contributed by atoms with Gasteiger partial charge in [-0.1, -0.05) is 0 Å². The van der Waals surface area contributed by atoms with Gasteiger partial charge in [0.15, 0.2) is 0 Å². The van der Waals surface area contributed by atoms with Crippen molar-refractivity contribution < 1.29 is 24.1 Å². The first-order valence-corrected chi connectivity index (χ1v) is 6.49. The van der Waals surface area contributed by atoms with E-state index in [2.05, 4.69) is 4.74 Å². The van der Waals surface area contributed by atoms with Crippen molar-refractivity contribution in [2.75, 3.05) is 6.61 Å². The van der Waals surface area contributed by atoms with Crippen molar-refractivity contribution in [3.63, 3.8) is 0 Å². The molecule has 0 bridgehead atoms. The lowest BCUT2D eigenvalue weighted by Crippen LogP contribution is -2.33. The smallest absolute Gasteiger partial charge is 0.330 e. The van der Waals surface area contributed by atoms with Crippen LogP contribution in [0.25, 0.3) is 0 Å². The van der Waals surface area contributed by atoms with Crippen LogP contribution in [-0.2, 0) is 9.47 Å². The molecule has 1 aromatic heterocycles. The molecule has 1 aromatic rings. The Hall–Kier alpha value is -1.55. The Bertz CT molecular complexity index is 555. The van der Waals surface area contributed by atoms with Crippen LogP contribution in [0.4, 0.5) is 4.39 Å². The Kier molecular flexibility index (Phi) is 6.69. The fourth-order valence-electron chi connectivity index (χ4n) is 1.81. The summed E-state index contributed by atoms with van der Waals surface area (Å²) in [7, 11) is 0. The highest BCUT2D eigenvalue weighted by Crippen LogP contribution is 2.26. The van der Waals surface area contributed by atoms with E-state index in [1.807, 2.05) is 11.9 Å². The maximum atomic E-state index is 13.0. The van der Waals surface area contributed by atoms with Crippen molar-refractivity contribution in [3.8, 4) is 0 Å². The molecule has 0 spiro atoms. The highest BCUT2D eigenvalue weighted by Gasteiger charge is 2.24. The van der Waals surface area contributed by atoms with Crippen molar-refractivity contribution in [2.24, 2.45) is 0 Å². The topological polar surface area (TPSA) is 114 Å².